The second kappa shape index (κ2) is 5.66. The molecule has 1 aromatic carbocycles. The molecule has 1 fully saturated rings. The van der Waals surface area contributed by atoms with Gasteiger partial charge in [-0.2, -0.15) is 0 Å². The summed E-state index contributed by atoms with van der Waals surface area (Å²) in [4.78, 5) is 13.4. The second-order valence-electron chi connectivity index (χ2n) is 7.22. The maximum atomic E-state index is 13.4. The van der Waals surface area contributed by atoms with E-state index in [2.05, 4.69) is 80.0 Å². The van der Waals surface area contributed by atoms with Gasteiger partial charge in [0.2, 0.25) is 0 Å². The Morgan fingerprint density at radius 3 is 2.64 bits per heavy atom. The number of allylic oxidation sites excluding steroid dienone is 2. The van der Waals surface area contributed by atoms with Crippen LogP contribution in [0.25, 0.3) is 0 Å². The van der Waals surface area contributed by atoms with E-state index in [9.17, 15) is 4.79 Å². The van der Waals surface area contributed by atoms with E-state index < -0.39 is 0 Å². The lowest BCUT2D eigenvalue weighted by atomic mass is 9.66. The molecule has 0 radical (unpaired) electrons. The number of carbonyl (C=O) groups excluding carboxylic acids is 1. The van der Waals surface area contributed by atoms with Crippen LogP contribution in [0.3, 0.4) is 0 Å². The quantitative estimate of drug-likeness (QED) is 0.493. The molecule has 3 rings (SSSR count). The molecule has 0 heterocycles. The Balaban J connectivity index is 2.11. The summed E-state index contributed by atoms with van der Waals surface area (Å²) in [5, 5.41) is 0. The fraction of sp³-hybridized carbons (Fsp3) is 0.526. The summed E-state index contributed by atoms with van der Waals surface area (Å²) in [5.41, 5.74) is 2.79. The molecule has 1 saturated carbocycles. The SMILES string of the molecule is CSC1(Cc2ccccc2I)C(=O)C2CC=C(C)C1C2(C)C. The van der Waals surface area contributed by atoms with Gasteiger partial charge in [-0.15, -0.1) is 11.8 Å². The first-order chi connectivity index (χ1) is 10.3. The zero-order chi connectivity index (χ0) is 16.1. The van der Waals surface area contributed by atoms with Crippen LogP contribution in [0, 0.1) is 20.8 Å². The highest BCUT2D eigenvalue weighted by atomic mass is 127. The number of hydrogen-bond donors (Lipinski definition) is 0. The minimum Gasteiger partial charge on any atom is -0.298 e. The van der Waals surface area contributed by atoms with Gasteiger partial charge in [-0.3, -0.25) is 4.79 Å². The van der Waals surface area contributed by atoms with E-state index in [1.54, 1.807) is 11.8 Å². The first-order valence-electron chi connectivity index (χ1n) is 7.84. The molecule has 1 nitrogen and oxygen atoms in total. The highest BCUT2D eigenvalue weighted by Gasteiger charge is 2.64. The van der Waals surface area contributed by atoms with Crippen molar-refractivity contribution in [2.45, 2.75) is 38.4 Å². The number of benzene rings is 1. The van der Waals surface area contributed by atoms with Gasteiger partial charge in [-0.25, -0.2) is 0 Å². The van der Waals surface area contributed by atoms with Gasteiger partial charge in [-0.05, 0) is 65.7 Å². The number of carbonyl (C=O) groups is 1. The van der Waals surface area contributed by atoms with E-state index in [-0.39, 0.29) is 16.1 Å². The van der Waals surface area contributed by atoms with Crippen molar-refractivity contribution in [2.75, 3.05) is 6.26 Å². The Labute approximate surface area is 151 Å². The standard InChI is InChI=1S/C19H23IOS/c1-12-9-10-14-17(21)19(22-4,16(12)18(14,2)3)11-13-7-5-6-8-15(13)20/h5-9,14,16H,10-11H2,1-4H3. The number of Topliss-reactive ketones (excluding diaryl/α,β-unsaturated/α-hetero) is 1. The van der Waals surface area contributed by atoms with Crippen LogP contribution in [0.5, 0.6) is 0 Å². The summed E-state index contributed by atoms with van der Waals surface area (Å²) >= 11 is 4.18. The average molecular weight is 426 g/mol. The summed E-state index contributed by atoms with van der Waals surface area (Å²) in [6, 6.07) is 8.48. The molecule has 0 aromatic heterocycles. The molecule has 22 heavy (non-hydrogen) atoms. The number of thioether (sulfide) groups is 1. The predicted octanol–water partition coefficient (Wildman–Crippen LogP) is 5.13. The molecule has 2 aliphatic rings. The Morgan fingerprint density at radius 1 is 1.32 bits per heavy atom. The van der Waals surface area contributed by atoms with Crippen LogP contribution in [-0.2, 0) is 11.2 Å². The van der Waals surface area contributed by atoms with E-state index in [1.807, 2.05) is 0 Å². The molecule has 0 N–H and O–H groups in total. The van der Waals surface area contributed by atoms with Crippen LogP contribution in [-0.4, -0.2) is 16.8 Å². The van der Waals surface area contributed by atoms with Gasteiger partial charge in [0.1, 0.15) is 0 Å². The van der Waals surface area contributed by atoms with Crippen molar-refractivity contribution in [3.63, 3.8) is 0 Å². The molecule has 3 unspecified atom stereocenters. The number of ketones is 1. The molecule has 0 spiro atoms. The Hall–Kier alpha value is -0.290. The average Bonchev–Trinajstić information content (AvgIpc) is 2.55. The van der Waals surface area contributed by atoms with Gasteiger partial charge in [0, 0.05) is 15.4 Å². The predicted molar refractivity (Wildman–Crippen MR) is 103 cm³/mol. The Morgan fingerprint density at radius 2 is 2.00 bits per heavy atom. The topological polar surface area (TPSA) is 17.1 Å². The smallest absolute Gasteiger partial charge is 0.153 e. The molecule has 3 heteroatoms. The van der Waals surface area contributed by atoms with Gasteiger partial charge >= 0.3 is 0 Å². The molecule has 0 aliphatic heterocycles. The Kier molecular flexibility index (Phi) is 4.26. The van der Waals surface area contributed by atoms with Gasteiger partial charge < -0.3 is 0 Å². The van der Waals surface area contributed by atoms with Crippen LogP contribution in [0.4, 0.5) is 0 Å². The Bertz CT molecular complexity index is 649. The van der Waals surface area contributed by atoms with Crippen LogP contribution >= 0.6 is 34.4 Å². The fourth-order valence-corrected chi connectivity index (χ4v) is 6.72. The minimum atomic E-state index is -0.299. The summed E-state index contributed by atoms with van der Waals surface area (Å²) in [7, 11) is 0. The summed E-state index contributed by atoms with van der Waals surface area (Å²) in [5.74, 6) is 0.995. The fourth-order valence-electron chi connectivity index (χ4n) is 4.77. The molecule has 118 valence electrons. The van der Waals surface area contributed by atoms with E-state index in [0.717, 1.165) is 12.8 Å². The number of halogens is 1. The van der Waals surface area contributed by atoms with Crippen molar-refractivity contribution >= 4 is 40.1 Å². The van der Waals surface area contributed by atoms with E-state index in [4.69, 9.17) is 0 Å². The minimum absolute atomic E-state index is 0.0686. The highest BCUT2D eigenvalue weighted by Crippen LogP contribution is 2.62. The monoisotopic (exact) mass is 426 g/mol. The van der Waals surface area contributed by atoms with Gasteiger partial charge in [0.15, 0.2) is 5.78 Å². The lowest BCUT2D eigenvalue weighted by molar-refractivity contribution is -0.123. The molecule has 2 aliphatic carbocycles. The molecule has 3 atom stereocenters. The third kappa shape index (κ3) is 2.22. The normalized spacial score (nSPS) is 33.0. The second-order valence-corrected chi connectivity index (χ2v) is 9.52. The molecular formula is C19H23IOS. The van der Waals surface area contributed by atoms with Crippen LogP contribution < -0.4 is 0 Å². The summed E-state index contributed by atoms with van der Waals surface area (Å²) < 4.78 is 0.967. The summed E-state index contributed by atoms with van der Waals surface area (Å²) in [6.07, 6.45) is 6.20. The molecule has 2 bridgehead atoms. The van der Waals surface area contributed by atoms with E-state index in [0.29, 0.717) is 11.7 Å². The lowest BCUT2D eigenvalue weighted by Gasteiger charge is -2.41. The molecular weight excluding hydrogens is 403 g/mol. The van der Waals surface area contributed by atoms with Gasteiger partial charge in [0.05, 0.1) is 4.75 Å². The van der Waals surface area contributed by atoms with Crippen molar-refractivity contribution in [3.05, 3.63) is 45.0 Å². The third-order valence-electron chi connectivity index (χ3n) is 5.75. The number of fused-ring (bicyclic) bond motifs is 2. The molecule has 0 amide bonds. The van der Waals surface area contributed by atoms with Gasteiger partial charge in [-0.1, -0.05) is 43.7 Å². The van der Waals surface area contributed by atoms with Crippen LogP contribution in [0.2, 0.25) is 0 Å². The number of rotatable bonds is 3. The van der Waals surface area contributed by atoms with Crippen molar-refractivity contribution in [3.8, 4) is 0 Å². The third-order valence-corrected chi connectivity index (χ3v) is 8.11. The van der Waals surface area contributed by atoms with Crippen molar-refractivity contribution < 1.29 is 4.79 Å². The highest BCUT2D eigenvalue weighted by molar-refractivity contribution is 14.1. The maximum Gasteiger partial charge on any atom is 0.153 e. The van der Waals surface area contributed by atoms with Crippen LogP contribution in [0.15, 0.2) is 35.9 Å². The zero-order valence-corrected chi connectivity index (χ0v) is 16.6. The van der Waals surface area contributed by atoms with E-state index in [1.165, 1.54) is 14.7 Å². The van der Waals surface area contributed by atoms with Gasteiger partial charge in [0.25, 0.3) is 0 Å². The van der Waals surface area contributed by atoms with Crippen molar-refractivity contribution in [1.29, 1.82) is 0 Å². The zero-order valence-electron chi connectivity index (χ0n) is 13.7. The summed E-state index contributed by atoms with van der Waals surface area (Å²) in [6.45, 7) is 6.82. The van der Waals surface area contributed by atoms with E-state index >= 15 is 0 Å². The lowest BCUT2D eigenvalue weighted by Crippen LogP contribution is -2.42. The first-order valence-corrected chi connectivity index (χ1v) is 10.1. The first kappa shape index (κ1) is 16.6. The molecule has 0 saturated heterocycles. The number of hydrogen-bond acceptors (Lipinski definition) is 2. The van der Waals surface area contributed by atoms with Crippen LogP contribution in [0.1, 0.15) is 32.8 Å². The molecule has 1 aromatic rings. The van der Waals surface area contributed by atoms with Crippen molar-refractivity contribution in [1.82, 2.24) is 0 Å². The maximum absolute atomic E-state index is 13.4. The van der Waals surface area contributed by atoms with Crippen molar-refractivity contribution in [2.24, 2.45) is 17.3 Å². The largest absolute Gasteiger partial charge is 0.298 e.